The fourth-order valence-corrected chi connectivity index (χ4v) is 4.11. The van der Waals surface area contributed by atoms with Crippen LogP contribution < -0.4 is 4.74 Å². The van der Waals surface area contributed by atoms with Crippen LogP contribution in [0.15, 0.2) is 84.9 Å². The fraction of sp³-hybridized carbons (Fsp3) is 0.296. The summed E-state index contributed by atoms with van der Waals surface area (Å²) in [6.45, 7) is 4.01. The van der Waals surface area contributed by atoms with E-state index in [1.807, 2.05) is 72.8 Å². The Bertz CT molecular complexity index is 916. The molecule has 0 aromatic heterocycles. The lowest BCUT2D eigenvalue weighted by atomic mass is 9.85. The smallest absolute Gasteiger partial charge is 0.170 e. The molecule has 1 aliphatic rings. The van der Waals surface area contributed by atoms with Gasteiger partial charge in [-0.15, -0.1) is 0 Å². The van der Waals surface area contributed by atoms with Gasteiger partial charge < -0.3 is 4.74 Å². The number of benzene rings is 3. The van der Waals surface area contributed by atoms with Gasteiger partial charge in [0.2, 0.25) is 0 Å². The van der Waals surface area contributed by atoms with Crippen molar-refractivity contribution >= 4 is 5.78 Å². The second-order valence-electron chi connectivity index (χ2n) is 7.94. The van der Waals surface area contributed by atoms with Crippen molar-refractivity contribution in [2.24, 2.45) is 0 Å². The molecule has 1 atom stereocenters. The van der Waals surface area contributed by atoms with Crippen molar-refractivity contribution in [3.63, 3.8) is 0 Å². The normalized spacial score (nSPS) is 15.1. The van der Waals surface area contributed by atoms with Crippen LogP contribution in [0.4, 0.5) is 0 Å². The molecule has 0 bridgehead atoms. The summed E-state index contributed by atoms with van der Waals surface area (Å²) in [5.74, 6) is 0.772. The van der Waals surface area contributed by atoms with E-state index in [0.29, 0.717) is 13.0 Å². The number of hydrogen-bond donors (Lipinski definition) is 0. The van der Waals surface area contributed by atoms with Crippen molar-refractivity contribution in [2.75, 3.05) is 26.2 Å². The maximum atomic E-state index is 13.4. The van der Waals surface area contributed by atoms with E-state index in [4.69, 9.17) is 4.74 Å². The molecule has 0 radical (unpaired) electrons. The largest absolute Gasteiger partial charge is 0.492 e. The summed E-state index contributed by atoms with van der Waals surface area (Å²) in [6.07, 6.45) is 3.28. The topological polar surface area (TPSA) is 29.5 Å². The Balaban J connectivity index is 1.44. The molecule has 154 valence electrons. The lowest BCUT2D eigenvalue weighted by molar-refractivity contribution is 0.0959. The van der Waals surface area contributed by atoms with E-state index in [9.17, 15) is 4.79 Å². The molecule has 3 aromatic rings. The van der Waals surface area contributed by atoms with Gasteiger partial charge in [-0.1, -0.05) is 60.7 Å². The maximum absolute atomic E-state index is 13.4. The Morgan fingerprint density at radius 3 is 2.13 bits per heavy atom. The highest BCUT2D eigenvalue weighted by Gasteiger charge is 2.22. The van der Waals surface area contributed by atoms with Crippen LogP contribution in [-0.2, 0) is 6.42 Å². The van der Waals surface area contributed by atoms with Gasteiger partial charge in [0.1, 0.15) is 12.4 Å². The molecule has 1 saturated heterocycles. The Morgan fingerprint density at radius 1 is 0.833 bits per heavy atom. The van der Waals surface area contributed by atoms with Crippen molar-refractivity contribution in [3.8, 4) is 5.75 Å². The molecular formula is C27H29NO2. The summed E-state index contributed by atoms with van der Waals surface area (Å²) in [5.41, 5.74) is 2.95. The lowest BCUT2D eigenvalue weighted by Gasteiger charge is -2.17. The standard InChI is InChI=1S/C27H29NO2/c29-27(24-13-15-25(16-14-24)30-20-19-28-17-7-8-18-28)26(23-11-5-2-6-12-23)21-22-9-3-1-4-10-22/h1-6,9-16,26H,7-8,17-21H2. The summed E-state index contributed by atoms with van der Waals surface area (Å²) in [4.78, 5) is 15.8. The van der Waals surface area contributed by atoms with Gasteiger partial charge in [-0.25, -0.2) is 0 Å². The fourth-order valence-electron chi connectivity index (χ4n) is 4.11. The first-order chi connectivity index (χ1) is 14.8. The van der Waals surface area contributed by atoms with Gasteiger partial charge in [-0.2, -0.15) is 0 Å². The van der Waals surface area contributed by atoms with E-state index in [1.54, 1.807) is 0 Å². The van der Waals surface area contributed by atoms with Gasteiger partial charge in [-0.05, 0) is 67.7 Å². The number of carbonyl (C=O) groups excluding carboxylic acids is 1. The Morgan fingerprint density at radius 2 is 1.47 bits per heavy atom. The minimum Gasteiger partial charge on any atom is -0.492 e. The quantitative estimate of drug-likeness (QED) is 0.453. The van der Waals surface area contributed by atoms with Gasteiger partial charge in [0, 0.05) is 12.1 Å². The molecule has 30 heavy (non-hydrogen) atoms. The predicted octanol–water partition coefficient (Wildman–Crippen LogP) is 5.37. The van der Waals surface area contributed by atoms with E-state index in [0.717, 1.165) is 23.4 Å². The first-order valence-electron chi connectivity index (χ1n) is 10.9. The van der Waals surface area contributed by atoms with E-state index in [-0.39, 0.29) is 11.7 Å². The predicted molar refractivity (Wildman–Crippen MR) is 121 cm³/mol. The van der Waals surface area contributed by atoms with Crippen LogP contribution in [0.3, 0.4) is 0 Å². The second-order valence-corrected chi connectivity index (χ2v) is 7.94. The number of carbonyl (C=O) groups is 1. The van der Waals surface area contributed by atoms with E-state index >= 15 is 0 Å². The van der Waals surface area contributed by atoms with Gasteiger partial charge >= 0.3 is 0 Å². The second kappa shape index (κ2) is 10.2. The third-order valence-corrected chi connectivity index (χ3v) is 5.81. The first kappa shape index (κ1) is 20.4. The third-order valence-electron chi connectivity index (χ3n) is 5.81. The minimum absolute atomic E-state index is 0.147. The van der Waals surface area contributed by atoms with E-state index < -0.39 is 0 Å². The summed E-state index contributed by atoms with van der Waals surface area (Å²) in [6, 6.07) is 27.9. The molecule has 3 aromatic carbocycles. The molecule has 0 amide bonds. The zero-order valence-corrected chi connectivity index (χ0v) is 17.4. The Labute approximate surface area is 179 Å². The molecule has 0 saturated carbocycles. The van der Waals surface area contributed by atoms with Gasteiger partial charge in [0.05, 0.1) is 5.92 Å². The number of rotatable bonds is 9. The lowest BCUT2D eigenvalue weighted by Crippen LogP contribution is -2.25. The van der Waals surface area contributed by atoms with Crippen LogP contribution in [0.5, 0.6) is 5.75 Å². The number of ether oxygens (including phenoxy) is 1. The molecule has 1 heterocycles. The molecular weight excluding hydrogens is 370 g/mol. The van der Waals surface area contributed by atoms with Gasteiger partial charge in [-0.3, -0.25) is 9.69 Å². The Kier molecular flexibility index (Phi) is 6.94. The van der Waals surface area contributed by atoms with Crippen LogP contribution in [0.2, 0.25) is 0 Å². The Hall–Kier alpha value is -2.91. The number of ketones is 1. The zero-order chi connectivity index (χ0) is 20.6. The number of likely N-dealkylation sites (tertiary alicyclic amines) is 1. The number of nitrogens with zero attached hydrogens (tertiary/aromatic N) is 1. The zero-order valence-electron chi connectivity index (χ0n) is 17.4. The molecule has 3 nitrogen and oxygen atoms in total. The monoisotopic (exact) mass is 399 g/mol. The molecule has 0 aliphatic carbocycles. The third kappa shape index (κ3) is 5.37. The average Bonchev–Trinajstić information content (AvgIpc) is 3.32. The molecule has 4 rings (SSSR count). The number of Topliss-reactive ketones (excluding diaryl/α,β-unsaturated/α-hetero) is 1. The van der Waals surface area contributed by atoms with Crippen molar-refractivity contribution in [1.29, 1.82) is 0 Å². The highest BCUT2D eigenvalue weighted by Crippen LogP contribution is 2.26. The van der Waals surface area contributed by atoms with Crippen LogP contribution in [-0.4, -0.2) is 36.9 Å². The van der Waals surface area contributed by atoms with Crippen LogP contribution >= 0.6 is 0 Å². The van der Waals surface area contributed by atoms with Crippen LogP contribution in [0.1, 0.15) is 40.2 Å². The highest BCUT2D eigenvalue weighted by atomic mass is 16.5. The molecule has 0 N–H and O–H groups in total. The summed E-state index contributed by atoms with van der Waals surface area (Å²) >= 11 is 0. The molecule has 3 heteroatoms. The highest BCUT2D eigenvalue weighted by molar-refractivity contribution is 6.01. The molecule has 0 spiro atoms. The average molecular weight is 400 g/mol. The van der Waals surface area contributed by atoms with Crippen LogP contribution in [0, 0.1) is 0 Å². The van der Waals surface area contributed by atoms with Crippen molar-refractivity contribution in [2.45, 2.75) is 25.2 Å². The van der Waals surface area contributed by atoms with Crippen molar-refractivity contribution in [1.82, 2.24) is 4.90 Å². The molecule has 1 unspecified atom stereocenters. The summed E-state index contributed by atoms with van der Waals surface area (Å²) < 4.78 is 5.89. The minimum atomic E-state index is -0.199. The van der Waals surface area contributed by atoms with Gasteiger partial charge in [0.25, 0.3) is 0 Å². The number of hydrogen-bond acceptors (Lipinski definition) is 3. The molecule has 1 fully saturated rings. The summed E-state index contributed by atoms with van der Waals surface area (Å²) in [5, 5.41) is 0. The first-order valence-corrected chi connectivity index (χ1v) is 10.9. The SMILES string of the molecule is O=C(c1ccc(OCCN2CCCC2)cc1)C(Cc1ccccc1)c1ccccc1. The van der Waals surface area contributed by atoms with E-state index in [1.165, 1.54) is 31.5 Å². The molecule has 1 aliphatic heterocycles. The van der Waals surface area contributed by atoms with Crippen molar-refractivity contribution < 1.29 is 9.53 Å². The van der Waals surface area contributed by atoms with Crippen LogP contribution in [0.25, 0.3) is 0 Å². The summed E-state index contributed by atoms with van der Waals surface area (Å²) in [7, 11) is 0. The maximum Gasteiger partial charge on any atom is 0.170 e. The van der Waals surface area contributed by atoms with E-state index in [2.05, 4.69) is 17.0 Å². The van der Waals surface area contributed by atoms with Gasteiger partial charge in [0.15, 0.2) is 5.78 Å². The van der Waals surface area contributed by atoms with Crippen molar-refractivity contribution in [3.05, 3.63) is 102 Å².